The van der Waals surface area contributed by atoms with E-state index in [1.54, 1.807) is 33.5 Å². The molecule has 1 aliphatic heterocycles. The first-order valence-corrected chi connectivity index (χ1v) is 11.2. The number of ether oxygens (including phenoxy) is 4. The first-order chi connectivity index (χ1) is 16.0. The highest BCUT2D eigenvalue weighted by Gasteiger charge is 2.22. The Morgan fingerprint density at radius 3 is 2.24 bits per heavy atom. The number of benzene rings is 2. The number of hydrogen-bond acceptors (Lipinski definition) is 6. The van der Waals surface area contributed by atoms with Crippen molar-refractivity contribution < 1.29 is 23.7 Å². The lowest BCUT2D eigenvalue weighted by atomic mass is 10.1. The van der Waals surface area contributed by atoms with Crippen molar-refractivity contribution in [2.24, 2.45) is 0 Å². The molecule has 0 aromatic heterocycles. The second-order valence-electron chi connectivity index (χ2n) is 8.00. The van der Waals surface area contributed by atoms with Gasteiger partial charge in [-0.05, 0) is 24.6 Å². The maximum absolute atomic E-state index is 13.6. The second-order valence-corrected chi connectivity index (χ2v) is 8.00. The lowest BCUT2D eigenvalue weighted by Crippen LogP contribution is -2.43. The summed E-state index contributed by atoms with van der Waals surface area (Å²) in [5, 5.41) is 0. The molecule has 1 fully saturated rings. The van der Waals surface area contributed by atoms with Gasteiger partial charge in [-0.25, -0.2) is 0 Å². The fourth-order valence-corrected chi connectivity index (χ4v) is 3.91. The summed E-state index contributed by atoms with van der Waals surface area (Å²) in [6.45, 7) is 7.19. The van der Waals surface area contributed by atoms with Gasteiger partial charge in [0.05, 0.1) is 34.5 Å². The van der Waals surface area contributed by atoms with E-state index >= 15 is 0 Å². The normalized spacial score (nSPS) is 14.6. The zero-order chi connectivity index (χ0) is 23.6. The molecule has 0 atom stereocenters. The summed E-state index contributed by atoms with van der Waals surface area (Å²) in [6, 6.07) is 13.6. The van der Waals surface area contributed by atoms with Gasteiger partial charge in [-0.2, -0.15) is 0 Å². The van der Waals surface area contributed by atoms with Crippen LogP contribution < -0.4 is 14.2 Å². The van der Waals surface area contributed by atoms with Crippen molar-refractivity contribution in [2.45, 2.75) is 6.92 Å². The highest BCUT2D eigenvalue weighted by atomic mass is 16.5. The molecule has 7 heteroatoms. The SMILES string of the molecule is COc1cc(C(=O)N(CCN2CCOCC2)CC(C)=Cc2ccccc2)cc(OC)c1OC. The highest BCUT2D eigenvalue weighted by Crippen LogP contribution is 2.38. The number of carbonyl (C=O) groups is 1. The topological polar surface area (TPSA) is 60.5 Å². The van der Waals surface area contributed by atoms with E-state index in [9.17, 15) is 4.79 Å². The number of amides is 1. The Labute approximate surface area is 196 Å². The summed E-state index contributed by atoms with van der Waals surface area (Å²) < 4.78 is 21.8. The van der Waals surface area contributed by atoms with Gasteiger partial charge in [0.15, 0.2) is 11.5 Å². The van der Waals surface area contributed by atoms with Crippen LogP contribution in [-0.2, 0) is 4.74 Å². The fourth-order valence-electron chi connectivity index (χ4n) is 3.91. The minimum Gasteiger partial charge on any atom is -0.493 e. The zero-order valence-electron chi connectivity index (χ0n) is 20.0. The predicted octanol–water partition coefficient (Wildman–Crippen LogP) is 3.59. The van der Waals surface area contributed by atoms with E-state index in [4.69, 9.17) is 18.9 Å². The Hall–Kier alpha value is -3.03. The Bertz CT molecular complexity index is 914. The van der Waals surface area contributed by atoms with Gasteiger partial charge in [0.2, 0.25) is 5.75 Å². The van der Waals surface area contributed by atoms with Crippen LogP contribution in [0.15, 0.2) is 48.0 Å². The first-order valence-electron chi connectivity index (χ1n) is 11.2. The minimum absolute atomic E-state index is 0.0803. The van der Waals surface area contributed by atoms with Gasteiger partial charge in [-0.3, -0.25) is 9.69 Å². The summed E-state index contributed by atoms with van der Waals surface area (Å²) >= 11 is 0. The molecule has 1 saturated heterocycles. The molecule has 1 amide bonds. The van der Waals surface area contributed by atoms with Crippen molar-refractivity contribution in [3.8, 4) is 17.2 Å². The summed E-state index contributed by atoms with van der Waals surface area (Å²) in [5.41, 5.74) is 2.71. The highest BCUT2D eigenvalue weighted by molar-refractivity contribution is 5.96. The molecule has 0 radical (unpaired) electrons. The maximum Gasteiger partial charge on any atom is 0.254 e. The van der Waals surface area contributed by atoms with Crippen LogP contribution in [0.2, 0.25) is 0 Å². The van der Waals surface area contributed by atoms with E-state index in [0.29, 0.717) is 35.9 Å². The van der Waals surface area contributed by atoms with Crippen molar-refractivity contribution >= 4 is 12.0 Å². The van der Waals surface area contributed by atoms with Crippen LogP contribution in [0.3, 0.4) is 0 Å². The molecule has 33 heavy (non-hydrogen) atoms. The van der Waals surface area contributed by atoms with E-state index in [2.05, 4.69) is 30.0 Å². The Morgan fingerprint density at radius 2 is 1.67 bits per heavy atom. The van der Waals surface area contributed by atoms with E-state index < -0.39 is 0 Å². The second kappa shape index (κ2) is 12.3. The third kappa shape index (κ3) is 6.73. The fraction of sp³-hybridized carbons (Fsp3) is 0.423. The Morgan fingerprint density at radius 1 is 1.03 bits per heavy atom. The minimum atomic E-state index is -0.0803. The van der Waals surface area contributed by atoms with E-state index in [-0.39, 0.29) is 5.91 Å². The summed E-state index contributed by atoms with van der Waals surface area (Å²) in [6.07, 6.45) is 2.12. The van der Waals surface area contributed by atoms with Crippen LogP contribution in [0, 0.1) is 0 Å². The molecule has 1 heterocycles. The molecule has 0 saturated carbocycles. The van der Waals surface area contributed by atoms with Crippen molar-refractivity contribution in [3.63, 3.8) is 0 Å². The molecule has 1 aliphatic rings. The molecule has 0 aliphatic carbocycles. The van der Waals surface area contributed by atoms with Crippen molar-refractivity contribution in [3.05, 3.63) is 59.2 Å². The molecule has 178 valence electrons. The largest absolute Gasteiger partial charge is 0.493 e. The number of hydrogen-bond donors (Lipinski definition) is 0. The number of carbonyl (C=O) groups excluding carboxylic acids is 1. The van der Waals surface area contributed by atoms with Gasteiger partial charge >= 0.3 is 0 Å². The lowest BCUT2D eigenvalue weighted by molar-refractivity contribution is 0.0330. The molecule has 0 unspecified atom stereocenters. The van der Waals surface area contributed by atoms with Crippen LogP contribution in [0.5, 0.6) is 17.2 Å². The number of rotatable bonds is 10. The van der Waals surface area contributed by atoms with Crippen LogP contribution in [0.25, 0.3) is 6.08 Å². The van der Waals surface area contributed by atoms with Crippen molar-refractivity contribution in [1.82, 2.24) is 9.80 Å². The average Bonchev–Trinajstić information content (AvgIpc) is 2.86. The number of nitrogens with zero attached hydrogens (tertiary/aromatic N) is 2. The quantitative estimate of drug-likeness (QED) is 0.547. The van der Waals surface area contributed by atoms with Crippen LogP contribution >= 0.6 is 0 Å². The van der Waals surface area contributed by atoms with Gasteiger partial charge < -0.3 is 23.8 Å². The molecule has 7 nitrogen and oxygen atoms in total. The van der Waals surface area contributed by atoms with E-state index in [0.717, 1.165) is 44.0 Å². The molecule has 0 N–H and O–H groups in total. The number of methoxy groups -OCH3 is 3. The molecule has 2 aromatic rings. The van der Waals surface area contributed by atoms with Gasteiger partial charge in [0.1, 0.15) is 0 Å². The van der Waals surface area contributed by atoms with Gasteiger partial charge in [-0.15, -0.1) is 0 Å². The van der Waals surface area contributed by atoms with Crippen LogP contribution in [0.4, 0.5) is 0 Å². The predicted molar refractivity (Wildman–Crippen MR) is 129 cm³/mol. The summed E-state index contributed by atoms with van der Waals surface area (Å²) in [7, 11) is 4.65. The van der Waals surface area contributed by atoms with Crippen LogP contribution in [-0.4, -0.2) is 83.0 Å². The van der Waals surface area contributed by atoms with Gasteiger partial charge in [-0.1, -0.05) is 42.0 Å². The van der Waals surface area contributed by atoms with Gasteiger partial charge in [0, 0.05) is 38.3 Å². The smallest absolute Gasteiger partial charge is 0.254 e. The monoisotopic (exact) mass is 454 g/mol. The molecule has 2 aromatic carbocycles. The maximum atomic E-state index is 13.6. The zero-order valence-corrected chi connectivity index (χ0v) is 20.0. The summed E-state index contributed by atoms with van der Waals surface area (Å²) in [5.74, 6) is 1.31. The lowest BCUT2D eigenvalue weighted by Gasteiger charge is -2.30. The van der Waals surface area contributed by atoms with Gasteiger partial charge in [0.25, 0.3) is 5.91 Å². The average molecular weight is 455 g/mol. The Balaban J connectivity index is 1.85. The van der Waals surface area contributed by atoms with Crippen LogP contribution in [0.1, 0.15) is 22.8 Å². The molecule has 3 rings (SSSR count). The molecular formula is C26H34N2O5. The third-order valence-electron chi connectivity index (χ3n) is 5.64. The molecular weight excluding hydrogens is 420 g/mol. The number of morpholine rings is 1. The standard InChI is InChI=1S/C26H34N2O5/c1-20(16-21-8-6-5-7-9-21)19-28(11-10-27-12-14-33-15-13-27)26(29)22-17-23(30-2)25(32-4)24(18-22)31-3/h5-9,16-18H,10-15,19H2,1-4H3. The van der Waals surface area contributed by atoms with E-state index in [1.807, 2.05) is 23.1 Å². The third-order valence-corrected chi connectivity index (χ3v) is 5.64. The summed E-state index contributed by atoms with van der Waals surface area (Å²) in [4.78, 5) is 17.9. The molecule has 0 bridgehead atoms. The Kier molecular flexibility index (Phi) is 9.15. The molecule has 0 spiro atoms. The first kappa shape index (κ1) is 24.6. The van der Waals surface area contributed by atoms with Crippen molar-refractivity contribution in [2.75, 3.05) is 67.3 Å². The van der Waals surface area contributed by atoms with E-state index in [1.165, 1.54) is 0 Å². The van der Waals surface area contributed by atoms with Crippen molar-refractivity contribution in [1.29, 1.82) is 0 Å².